The summed E-state index contributed by atoms with van der Waals surface area (Å²) in [5.74, 6) is 0.502. The van der Waals surface area contributed by atoms with Crippen molar-refractivity contribution in [3.63, 3.8) is 0 Å². The van der Waals surface area contributed by atoms with E-state index in [1.54, 1.807) is 0 Å². The first-order chi connectivity index (χ1) is 10.6. The van der Waals surface area contributed by atoms with Gasteiger partial charge in [-0.1, -0.05) is 40.0 Å². The predicted molar refractivity (Wildman–Crippen MR) is 92.9 cm³/mol. The van der Waals surface area contributed by atoms with E-state index >= 15 is 0 Å². The lowest BCUT2D eigenvalue weighted by Gasteiger charge is -2.47. The van der Waals surface area contributed by atoms with Gasteiger partial charge in [-0.25, -0.2) is 0 Å². The van der Waals surface area contributed by atoms with Gasteiger partial charge in [0.15, 0.2) is 0 Å². The summed E-state index contributed by atoms with van der Waals surface area (Å²) in [5, 5.41) is 0. The number of rotatable bonds is 6. The maximum atomic E-state index is 12.1. The van der Waals surface area contributed by atoms with Crippen LogP contribution in [0.5, 0.6) is 0 Å². The van der Waals surface area contributed by atoms with Crippen molar-refractivity contribution in [2.45, 2.75) is 72.1 Å². The van der Waals surface area contributed by atoms with Crippen LogP contribution in [0.4, 0.5) is 0 Å². The molecular weight excluding hydrogens is 272 g/mol. The fourth-order valence-corrected chi connectivity index (χ4v) is 4.08. The molecule has 0 N–H and O–H groups in total. The number of carbonyl (C=O) groups excluding carboxylic acids is 1. The van der Waals surface area contributed by atoms with Crippen LogP contribution in [0.25, 0.3) is 0 Å². The molecule has 0 bridgehead atoms. The monoisotopic (exact) mass is 308 g/mol. The first kappa shape index (κ1) is 17.8. The third-order valence-corrected chi connectivity index (χ3v) is 5.87. The molecule has 1 amide bonds. The Kier molecular flexibility index (Phi) is 6.73. The molecule has 0 radical (unpaired) electrons. The van der Waals surface area contributed by atoms with Crippen LogP contribution in [-0.4, -0.2) is 48.4 Å². The molecular formula is C19H36N2O. The number of hydrogen-bond acceptors (Lipinski definition) is 2. The van der Waals surface area contributed by atoms with E-state index in [1.165, 1.54) is 71.0 Å². The van der Waals surface area contributed by atoms with E-state index in [1.807, 2.05) is 13.8 Å². The molecule has 2 heterocycles. The first-order valence-corrected chi connectivity index (χ1v) is 9.57. The molecule has 0 aromatic heterocycles. The van der Waals surface area contributed by atoms with E-state index in [9.17, 15) is 4.79 Å². The predicted octanol–water partition coefficient (Wildman–Crippen LogP) is 3.93. The van der Waals surface area contributed by atoms with Gasteiger partial charge in [0.1, 0.15) is 0 Å². The summed E-state index contributed by atoms with van der Waals surface area (Å²) in [5.41, 5.74) is 0.549. The second kappa shape index (κ2) is 8.33. The maximum Gasteiger partial charge on any atom is 0.225 e. The molecule has 0 saturated carbocycles. The SMILES string of the molecule is CCCCCCN1CCC2(CC1)CCN(C(=O)C(C)C)CC2. The number of hydrogen-bond donors (Lipinski definition) is 0. The van der Waals surface area contributed by atoms with Crippen LogP contribution in [0.15, 0.2) is 0 Å². The van der Waals surface area contributed by atoms with Gasteiger partial charge >= 0.3 is 0 Å². The summed E-state index contributed by atoms with van der Waals surface area (Å²) in [4.78, 5) is 16.9. The average Bonchev–Trinajstić information content (AvgIpc) is 2.53. The van der Waals surface area contributed by atoms with Crippen molar-refractivity contribution in [2.24, 2.45) is 11.3 Å². The Morgan fingerprint density at radius 1 is 0.955 bits per heavy atom. The van der Waals surface area contributed by atoms with Crippen molar-refractivity contribution in [2.75, 3.05) is 32.7 Å². The number of carbonyl (C=O) groups is 1. The number of amides is 1. The minimum Gasteiger partial charge on any atom is -0.342 e. The lowest BCUT2D eigenvalue weighted by atomic mass is 9.71. The third kappa shape index (κ3) is 4.71. The Bertz CT molecular complexity index is 335. The highest BCUT2D eigenvalue weighted by Gasteiger charge is 2.38. The molecule has 0 atom stereocenters. The molecule has 1 spiro atoms. The summed E-state index contributed by atoms with van der Waals surface area (Å²) in [6.07, 6.45) is 10.6. The average molecular weight is 309 g/mol. The molecule has 0 aliphatic carbocycles. The van der Waals surface area contributed by atoms with Gasteiger partial charge in [0.2, 0.25) is 5.91 Å². The van der Waals surface area contributed by atoms with Crippen molar-refractivity contribution in [3.05, 3.63) is 0 Å². The minimum absolute atomic E-state index is 0.152. The Hall–Kier alpha value is -0.570. The molecule has 128 valence electrons. The van der Waals surface area contributed by atoms with E-state index in [0.717, 1.165) is 13.1 Å². The molecule has 2 saturated heterocycles. The van der Waals surface area contributed by atoms with E-state index < -0.39 is 0 Å². The summed E-state index contributed by atoms with van der Waals surface area (Å²) >= 11 is 0. The van der Waals surface area contributed by atoms with E-state index in [4.69, 9.17) is 0 Å². The molecule has 3 nitrogen and oxygen atoms in total. The molecule has 2 aliphatic rings. The zero-order valence-corrected chi connectivity index (χ0v) is 15.1. The second-order valence-electron chi connectivity index (χ2n) is 7.88. The van der Waals surface area contributed by atoms with Crippen LogP contribution in [-0.2, 0) is 4.79 Å². The summed E-state index contributed by atoms with van der Waals surface area (Å²) in [7, 11) is 0. The summed E-state index contributed by atoms with van der Waals surface area (Å²) in [6.45, 7) is 12.2. The Morgan fingerprint density at radius 3 is 2.09 bits per heavy atom. The zero-order valence-electron chi connectivity index (χ0n) is 15.1. The van der Waals surface area contributed by atoms with Gasteiger partial charge in [-0.3, -0.25) is 4.79 Å². The molecule has 0 aromatic carbocycles. The van der Waals surface area contributed by atoms with Gasteiger partial charge < -0.3 is 9.80 Å². The van der Waals surface area contributed by atoms with Crippen LogP contribution in [0.2, 0.25) is 0 Å². The van der Waals surface area contributed by atoms with Crippen LogP contribution in [0.1, 0.15) is 72.1 Å². The first-order valence-electron chi connectivity index (χ1n) is 9.57. The molecule has 2 aliphatic heterocycles. The molecule has 3 heteroatoms. The molecule has 0 aromatic rings. The van der Waals surface area contributed by atoms with E-state index in [-0.39, 0.29) is 5.92 Å². The smallest absolute Gasteiger partial charge is 0.225 e. The van der Waals surface area contributed by atoms with Crippen molar-refractivity contribution in [3.8, 4) is 0 Å². The molecule has 2 rings (SSSR count). The van der Waals surface area contributed by atoms with Gasteiger partial charge in [0.25, 0.3) is 0 Å². The van der Waals surface area contributed by atoms with Gasteiger partial charge in [0.05, 0.1) is 0 Å². The fraction of sp³-hybridized carbons (Fsp3) is 0.947. The number of likely N-dealkylation sites (tertiary alicyclic amines) is 2. The van der Waals surface area contributed by atoms with Crippen molar-refractivity contribution in [1.82, 2.24) is 9.80 Å². The molecule has 2 fully saturated rings. The highest BCUT2D eigenvalue weighted by Crippen LogP contribution is 2.41. The van der Waals surface area contributed by atoms with Gasteiger partial charge in [-0.15, -0.1) is 0 Å². The van der Waals surface area contributed by atoms with Crippen molar-refractivity contribution >= 4 is 5.91 Å². The van der Waals surface area contributed by atoms with Gasteiger partial charge in [0, 0.05) is 19.0 Å². The quantitative estimate of drug-likeness (QED) is 0.694. The highest BCUT2D eigenvalue weighted by molar-refractivity contribution is 5.78. The lowest BCUT2D eigenvalue weighted by molar-refractivity contribution is -0.137. The maximum absolute atomic E-state index is 12.1. The Labute approximate surface area is 137 Å². The third-order valence-electron chi connectivity index (χ3n) is 5.87. The van der Waals surface area contributed by atoms with Crippen molar-refractivity contribution < 1.29 is 4.79 Å². The Balaban J connectivity index is 1.69. The fourth-order valence-electron chi connectivity index (χ4n) is 4.08. The molecule has 22 heavy (non-hydrogen) atoms. The zero-order chi connectivity index (χ0) is 16.0. The topological polar surface area (TPSA) is 23.6 Å². The highest BCUT2D eigenvalue weighted by atomic mass is 16.2. The summed E-state index contributed by atoms with van der Waals surface area (Å²) in [6, 6.07) is 0. The van der Waals surface area contributed by atoms with Crippen molar-refractivity contribution in [1.29, 1.82) is 0 Å². The largest absolute Gasteiger partial charge is 0.342 e. The lowest BCUT2D eigenvalue weighted by Crippen LogP contribution is -2.49. The second-order valence-corrected chi connectivity index (χ2v) is 7.88. The van der Waals surface area contributed by atoms with Gasteiger partial charge in [-0.05, 0) is 57.2 Å². The van der Waals surface area contributed by atoms with E-state index in [0.29, 0.717) is 11.3 Å². The normalized spacial score (nSPS) is 22.5. The Morgan fingerprint density at radius 2 is 1.55 bits per heavy atom. The minimum atomic E-state index is 0.152. The standard InChI is InChI=1S/C19H36N2O/c1-4-5-6-7-12-20-13-8-19(9-14-20)10-15-21(16-11-19)18(22)17(2)3/h17H,4-16H2,1-3H3. The number of piperidine rings is 2. The van der Waals surface area contributed by atoms with E-state index in [2.05, 4.69) is 16.7 Å². The number of unbranched alkanes of at least 4 members (excludes halogenated alkanes) is 3. The number of nitrogens with zero attached hydrogens (tertiary/aromatic N) is 2. The van der Waals surface area contributed by atoms with Crippen LogP contribution >= 0.6 is 0 Å². The van der Waals surface area contributed by atoms with Gasteiger partial charge in [-0.2, -0.15) is 0 Å². The van der Waals surface area contributed by atoms with Crippen LogP contribution in [0.3, 0.4) is 0 Å². The van der Waals surface area contributed by atoms with Crippen LogP contribution in [0, 0.1) is 11.3 Å². The van der Waals surface area contributed by atoms with Crippen LogP contribution < -0.4 is 0 Å². The summed E-state index contributed by atoms with van der Waals surface area (Å²) < 4.78 is 0. The molecule has 0 unspecified atom stereocenters.